The molecule has 14 heteroatoms. The van der Waals surface area contributed by atoms with Crippen LogP contribution in [0.4, 0.5) is 4.79 Å². The summed E-state index contributed by atoms with van der Waals surface area (Å²) in [5.41, 5.74) is 2.53. The van der Waals surface area contributed by atoms with Gasteiger partial charge in [-0.1, -0.05) is 30.1 Å². The normalized spacial score (nSPS) is 26.5. The highest BCUT2D eigenvalue weighted by Gasteiger charge is 2.65. The van der Waals surface area contributed by atoms with Crippen molar-refractivity contribution in [2.75, 3.05) is 66.2 Å². The largest absolute Gasteiger partial charge is 0.459 e. The molecule has 0 aromatic heterocycles. The van der Waals surface area contributed by atoms with Crippen LogP contribution in [-0.4, -0.2) is 116 Å². The van der Waals surface area contributed by atoms with E-state index in [9.17, 15) is 20.1 Å². The molecule has 0 spiro atoms. The number of oxime groups is 1. The zero-order chi connectivity index (χ0) is 41.6. The molecule has 1 amide bonds. The number of thioether (sulfide) groups is 1. The van der Waals surface area contributed by atoms with Gasteiger partial charge in [0.05, 0.1) is 51.8 Å². The average Bonchev–Trinajstić information content (AvgIpc) is 3.26. The fraction of sp³-hybridized carbons (Fsp3) is 0.600. The highest BCUT2D eigenvalue weighted by molar-refractivity contribution is 7.98. The Bertz CT molecular complexity index is 1720. The van der Waals surface area contributed by atoms with Crippen LogP contribution in [0.15, 0.2) is 76.8 Å². The van der Waals surface area contributed by atoms with E-state index >= 15 is 0 Å². The van der Waals surface area contributed by atoms with Crippen molar-refractivity contribution in [3.63, 3.8) is 0 Å². The molecule has 13 nitrogen and oxygen atoms in total. The average molecular weight is 839 g/mol. The first-order valence-electron chi connectivity index (χ1n) is 21.1. The first-order chi connectivity index (χ1) is 28.9. The van der Waals surface area contributed by atoms with Crippen LogP contribution in [0.1, 0.15) is 75.7 Å². The van der Waals surface area contributed by atoms with Gasteiger partial charge in [0.2, 0.25) is 12.1 Å². The number of allylic oxidation sites excluding steroid dienone is 1. The van der Waals surface area contributed by atoms with Crippen LogP contribution in [0.3, 0.4) is 0 Å². The molecule has 1 saturated carbocycles. The Labute approximate surface area is 352 Å². The van der Waals surface area contributed by atoms with Crippen molar-refractivity contribution < 1.29 is 53.4 Å². The smallest absolute Gasteiger partial charge is 0.410 e. The standard InChI is InChI=1S/C45H62N2O11S/c1-4-24-55-45-40(47(44(51)52-2)20-26-53-27-23-50)30-38(46-58-41-13-7-10-25-54-41)36-28-31(11-5-8-21-48)35(12-6-9-22-49)42(43(36)45)37-29-33(16-19-39(37)57-45)56-32-14-17-34(59-3)18-15-32/h4,14-19,28-29,31,35,40-43,48-50H,1,5-13,20-27,30H2,2-3H3/t31-,35+,40-,41?,42+,43+,45+/m0/s1. The molecule has 1 saturated heterocycles. The number of carbonyl (C=O) groups is 1. The third kappa shape index (κ3) is 10.6. The van der Waals surface area contributed by atoms with Crippen LogP contribution >= 0.6 is 11.8 Å². The second kappa shape index (κ2) is 22.3. The van der Waals surface area contributed by atoms with Crippen molar-refractivity contribution in [3.8, 4) is 17.2 Å². The van der Waals surface area contributed by atoms with E-state index in [2.05, 4.69) is 18.7 Å². The van der Waals surface area contributed by atoms with Gasteiger partial charge < -0.3 is 48.6 Å². The Morgan fingerprint density at radius 1 is 1.02 bits per heavy atom. The molecular formula is C45H62N2O11S. The second-order valence-corrected chi connectivity index (χ2v) is 16.3. The number of fused-ring (bicyclic) bond motifs is 2. The van der Waals surface area contributed by atoms with Gasteiger partial charge in [0.1, 0.15) is 23.3 Å². The number of amides is 1. The zero-order valence-electron chi connectivity index (χ0n) is 34.5. The molecule has 2 fully saturated rings. The molecule has 3 N–H and O–H groups in total. The van der Waals surface area contributed by atoms with Crippen molar-refractivity contribution in [1.82, 2.24) is 4.90 Å². The maximum Gasteiger partial charge on any atom is 0.410 e. The predicted molar refractivity (Wildman–Crippen MR) is 225 cm³/mol. The van der Waals surface area contributed by atoms with Crippen molar-refractivity contribution in [1.29, 1.82) is 0 Å². The van der Waals surface area contributed by atoms with Crippen LogP contribution in [0, 0.1) is 17.8 Å². The van der Waals surface area contributed by atoms with E-state index in [4.69, 9.17) is 38.4 Å². The molecule has 2 aromatic carbocycles. The fourth-order valence-corrected chi connectivity index (χ4v) is 9.64. The summed E-state index contributed by atoms with van der Waals surface area (Å²) in [4.78, 5) is 22.9. The second-order valence-electron chi connectivity index (χ2n) is 15.5. The monoisotopic (exact) mass is 838 g/mol. The van der Waals surface area contributed by atoms with Crippen LogP contribution in [0.5, 0.6) is 17.2 Å². The third-order valence-corrected chi connectivity index (χ3v) is 12.6. The summed E-state index contributed by atoms with van der Waals surface area (Å²) in [7, 11) is 1.35. The minimum Gasteiger partial charge on any atom is -0.459 e. The van der Waals surface area contributed by atoms with Crippen LogP contribution < -0.4 is 9.47 Å². The first-order valence-corrected chi connectivity index (χ1v) is 22.3. The molecule has 0 radical (unpaired) electrons. The summed E-state index contributed by atoms with van der Waals surface area (Å²) in [6.07, 6.45) is 12.3. The van der Waals surface area contributed by atoms with Crippen LogP contribution in [0.25, 0.3) is 0 Å². The Kier molecular flexibility index (Phi) is 17.0. The van der Waals surface area contributed by atoms with Gasteiger partial charge in [-0.25, -0.2) is 4.79 Å². The topological polar surface area (TPSA) is 158 Å². The molecule has 7 atom stereocenters. The number of aliphatic hydroxyl groups is 3. The van der Waals surface area contributed by atoms with Gasteiger partial charge in [0.25, 0.3) is 0 Å². The molecular weight excluding hydrogens is 777 g/mol. The first kappa shape index (κ1) is 44.9. The number of unbranched alkanes of at least 4 members (excludes halogenated alkanes) is 2. The van der Waals surface area contributed by atoms with E-state index in [1.807, 2.05) is 42.7 Å². The molecule has 324 valence electrons. The number of nitrogens with zero attached hydrogens (tertiary/aromatic N) is 2. The van der Waals surface area contributed by atoms with E-state index in [1.165, 1.54) is 7.11 Å². The van der Waals surface area contributed by atoms with E-state index in [1.54, 1.807) is 22.7 Å². The molecule has 6 rings (SSSR count). The number of hydrogen-bond donors (Lipinski definition) is 3. The van der Waals surface area contributed by atoms with E-state index in [0.717, 1.165) is 54.6 Å². The van der Waals surface area contributed by atoms with E-state index in [0.29, 0.717) is 48.8 Å². The number of ether oxygens (including phenoxy) is 6. The lowest BCUT2D eigenvalue weighted by Gasteiger charge is -2.59. The molecule has 2 heterocycles. The summed E-state index contributed by atoms with van der Waals surface area (Å²) in [6, 6.07) is 13.1. The number of methoxy groups -OCH3 is 1. The van der Waals surface area contributed by atoms with Crippen molar-refractivity contribution in [2.24, 2.45) is 22.9 Å². The van der Waals surface area contributed by atoms with Crippen molar-refractivity contribution >= 4 is 23.6 Å². The summed E-state index contributed by atoms with van der Waals surface area (Å²) in [5, 5.41) is 34.2. The molecule has 2 aliphatic carbocycles. The number of aliphatic hydroxyl groups excluding tert-OH is 3. The van der Waals surface area contributed by atoms with Crippen LogP contribution in [-0.2, 0) is 23.8 Å². The van der Waals surface area contributed by atoms with Gasteiger partial charge in [0.15, 0.2) is 0 Å². The van der Waals surface area contributed by atoms with E-state index in [-0.39, 0.29) is 70.4 Å². The molecule has 1 unspecified atom stereocenters. The quantitative estimate of drug-likeness (QED) is 0.0467. The Morgan fingerprint density at radius 3 is 2.49 bits per heavy atom. The van der Waals surface area contributed by atoms with Gasteiger partial charge in [-0.05, 0) is 105 Å². The molecule has 59 heavy (non-hydrogen) atoms. The Morgan fingerprint density at radius 2 is 1.80 bits per heavy atom. The van der Waals surface area contributed by atoms with Crippen LogP contribution in [0.2, 0.25) is 0 Å². The SMILES string of the molecule is C=CCO[C@@]12Oc3ccc(Oc4ccc(SC)cc4)cc3[C@H]3[C@H](CCCCO)[C@@H](CCCCO)C=C(C(=NOC4CCCCO4)C[C@@H]1N(CCOCCO)C(=O)OC)[C@H]32. The lowest BCUT2D eigenvalue weighted by Crippen LogP contribution is -2.70. The highest BCUT2D eigenvalue weighted by atomic mass is 32.2. The highest BCUT2D eigenvalue weighted by Crippen LogP contribution is 2.62. The van der Waals surface area contributed by atoms with Gasteiger partial charge in [-0.3, -0.25) is 4.90 Å². The van der Waals surface area contributed by atoms with E-state index < -0.39 is 30.1 Å². The fourth-order valence-electron chi connectivity index (χ4n) is 9.23. The minimum atomic E-state index is -1.45. The molecule has 0 bridgehead atoms. The number of hydrogen-bond acceptors (Lipinski definition) is 13. The summed E-state index contributed by atoms with van der Waals surface area (Å²) in [6.45, 7) is 5.11. The lowest BCUT2D eigenvalue weighted by atomic mass is 9.55. The van der Waals surface area contributed by atoms with Gasteiger partial charge in [0, 0.05) is 49.0 Å². The Hall–Kier alpha value is -3.63. The Balaban J connectivity index is 1.56. The predicted octanol–water partition coefficient (Wildman–Crippen LogP) is 7.44. The number of rotatable bonds is 22. The zero-order valence-corrected chi connectivity index (χ0v) is 35.3. The minimum absolute atomic E-state index is 0.0431. The lowest BCUT2D eigenvalue weighted by molar-refractivity contribution is -0.256. The van der Waals surface area contributed by atoms with Crippen molar-refractivity contribution in [2.45, 2.75) is 93.1 Å². The van der Waals surface area contributed by atoms with Gasteiger partial charge >= 0.3 is 6.09 Å². The van der Waals surface area contributed by atoms with Gasteiger partial charge in [-0.2, -0.15) is 0 Å². The molecule has 2 aliphatic heterocycles. The summed E-state index contributed by atoms with van der Waals surface area (Å²) >= 11 is 1.67. The maximum atomic E-state index is 14.0. The maximum absolute atomic E-state index is 14.0. The third-order valence-electron chi connectivity index (χ3n) is 11.9. The number of carbonyl (C=O) groups excluding carboxylic acids is 1. The van der Waals surface area contributed by atoms with Crippen molar-refractivity contribution in [3.05, 3.63) is 72.3 Å². The summed E-state index contributed by atoms with van der Waals surface area (Å²) in [5.74, 6) is -0.0967. The molecule has 2 aromatic rings. The van der Waals surface area contributed by atoms with Gasteiger partial charge in [-0.15, -0.1) is 18.3 Å². The number of benzene rings is 2. The molecule has 4 aliphatic rings. The summed E-state index contributed by atoms with van der Waals surface area (Å²) < 4.78 is 37.9.